The van der Waals surface area contributed by atoms with Gasteiger partial charge in [0.1, 0.15) is 5.78 Å². The van der Waals surface area contributed by atoms with Crippen molar-refractivity contribution < 1.29 is 19.4 Å². The summed E-state index contributed by atoms with van der Waals surface area (Å²) in [6.45, 7) is 1.88. The highest BCUT2D eigenvalue weighted by atomic mass is 35.5. The summed E-state index contributed by atoms with van der Waals surface area (Å²) in [5, 5.41) is 9.21. The standard InChI is InChI=1S/C9H15ClO4/c1-2-14-9(13)8(12)4-3-7(11)5-6-10/h8,12H,2-6H2,1H3. The quantitative estimate of drug-likeness (QED) is 0.513. The van der Waals surface area contributed by atoms with E-state index < -0.39 is 12.1 Å². The molecule has 0 amide bonds. The van der Waals surface area contributed by atoms with E-state index >= 15 is 0 Å². The first-order valence-corrected chi connectivity index (χ1v) is 5.07. The summed E-state index contributed by atoms with van der Waals surface area (Å²) < 4.78 is 4.57. The van der Waals surface area contributed by atoms with Crippen molar-refractivity contribution in [1.29, 1.82) is 0 Å². The van der Waals surface area contributed by atoms with Crippen LogP contribution in [0.5, 0.6) is 0 Å². The Balaban J connectivity index is 3.67. The van der Waals surface area contributed by atoms with Gasteiger partial charge in [-0.25, -0.2) is 4.79 Å². The van der Waals surface area contributed by atoms with Gasteiger partial charge in [0.2, 0.25) is 0 Å². The summed E-state index contributed by atoms with van der Waals surface area (Å²) in [4.78, 5) is 21.9. The number of aliphatic hydroxyl groups excluding tert-OH is 1. The average molecular weight is 223 g/mol. The van der Waals surface area contributed by atoms with Crippen LogP contribution in [0.25, 0.3) is 0 Å². The van der Waals surface area contributed by atoms with Gasteiger partial charge in [-0.2, -0.15) is 0 Å². The summed E-state index contributed by atoms with van der Waals surface area (Å²) in [5.41, 5.74) is 0. The van der Waals surface area contributed by atoms with Crippen LogP contribution in [-0.4, -0.2) is 35.4 Å². The SMILES string of the molecule is CCOC(=O)C(O)CCC(=O)CCCl. The molecule has 0 aromatic heterocycles. The van der Waals surface area contributed by atoms with Crippen LogP contribution < -0.4 is 0 Å². The molecule has 1 atom stereocenters. The van der Waals surface area contributed by atoms with Crippen LogP contribution >= 0.6 is 11.6 Å². The van der Waals surface area contributed by atoms with Gasteiger partial charge in [0.15, 0.2) is 6.10 Å². The largest absolute Gasteiger partial charge is 0.464 e. The van der Waals surface area contributed by atoms with Crippen molar-refractivity contribution in [3.63, 3.8) is 0 Å². The lowest BCUT2D eigenvalue weighted by atomic mass is 10.1. The fourth-order valence-corrected chi connectivity index (χ4v) is 1.10. The Kier molecular flexibility index (Phi) is 7.42. The molecule has 5 heteroatoms. The zero-order valence-electron chi connectivity index (χ0n) is 8.16. The molecular weight excluding hydrogens is 208 g/mol. The molecule has 0 saturated carbocycles. The average Bonchev–Trinajstić information content (AvgIpc) is 2.15. The van der Waals surface area contributed by atoms with E-state index in [4.69, 9.17) is 11.6 Å². The molecule has 1 N–H and O–H groups in total. The van der Waals surface area contributed by atoms with E-state index in [1.165, 1.54) is 0 Å². The number of ether oxygens (including phenoxy) is 1. The number of rotatable bonds is 7. The highest BCUT2D eigenvalue weighted by Crippen LogP contribution is 2.03. The molecule has 1 unspecified atom stereocenters. The molecule has 0 saturated heterocycles. The third-order valence-electron chi connectivity index (χ3n) is 1.63. The molecule has 4 nitrogen and oxygen atoms in total. The van der Waals surface area contributed by atoms with Gasteiger partial charge >= 0.3 is 5.97 Å². The number of halogens is 1. The van der Waals surface area contributed by atoms with Gasteiger partial charge in [-0.15, -0.1) is 11.6 Å². The van der Waals surface area contributed by atoms with E-state index in [1.54, 1.807) is 6.92 Å². The molecule has 0 aromatic carbocycles. The van der Waals surface area contributed by atoms with Gasteiger partial charge < -0.3 is 9.84 Å². The molecule has 0 spiro atoms. The smallest absolute Gasteiger partial charge is 0.334 e. The maximum Gasteiger partial charge on any atom is 0.334 e. The van der Waals surface area contributed by atoms with Crippen molar-refractivity contribution in [2.45, 2.75) is 32.3 Å². The number of esters is 1. The molecule has 0 fully saturated rings. The van der Waals surface area contributed by atoms with E-state index in [-0.39, 0.29) is 37.5 Å². The van der Waals surface area contributed by atoms with Gasteiger partial charge in [-0.1, -0.05) is 0 Å². The Morgan fingerprint density at radius 1 is 1.43 bits per heavy atom. The Morgan fingerprint density at radius 2 is 2.07 bits per heavy atom. The number of aliphatic hydroxyl groups is 1. The highest BCUT2D eigenvalue weighted by molar-refractivity contribution is 6.19. The summed E-state index contributed by atoms with van der Waals surface area (Å²) >= 11 is 5.35. The topological polar surface area (TPSA) is 63.6 Å². The van der Waals surface area contributed by atoms with Gasteiger partial charge in [0, 0.05) is 18.7 Å². The lowest BCUT2D eigenvalue weighted by Crippen LogP contribution is -2.23. The van der Waals surface area contributed by atoms with Crippen LogP contribution in [0.3, 0.4) is 0 Å². The van der Waals surface area contributed by atoms with Crippen LogP contribution in [0.1, 0.15) is 26.2 Å². The van der Waals surface area contributed by atoms with Crippen LogP contribution in [0, 0.1) is 0 Å². The second kappa shape index (κ2) is 7.76. The van der Waals surface area contributed by atoms with Gasteiger partial charge in [-0.3, -0.25) is 4.79 Å². The predicted molar refractivity (Wildman–Crippen MR) is 52.2 cm³/mol. The van der Waals surface area contributed by atoms with E-state index in [1.807, 2.05) is 0 Å². The van der Waals surface area contributed by atoms with Crippen LogP contribution in [0.15, 0.2) is 0 Å². The van der Waals surface area contributed by atoms with E-state index in [2.05, 4.69) is 4.74 Å². The Bertz CT molecular complexity index is 193. The molecule has 0 aromatic rings. The number of hydrogen-bond donors (Lipinski definition) is 1. The number of carbonyl (C=O) groups is 2. The van der Waals surface area contributed by atoms with Crippen LogP contribution in [0.4, 0.5) is 0 Å². The third-order valence-corrected chi connectivity index (χ3v) is 1.82. The lowest BCUT2D eigenvalue weighted by molar-refractivity contribution is -0.153. The minimum Gasteiger partial charge on any atom is -0.464 e. The zero-order chi connectivity index (χ0) is 11.0. The monoisotopic (exact) mass is 222 g/mol. The number of hydrogen-bond acceptors (Lipinski definition) is 4. The Morgan fingerprint density at radius 3 is 2.57 bits per heavy atom. The molecule has 0 aliphatic rings. The second-order valence-corrected chi connectivity index (χ2v) is 3.16. The molecule has 14 heavy (non-hydrogen) atoms. The normalized spacial score (nSPS) is 12.2. The summed E-state index contributed by atoms with van der Waals surface area (Å²) in [7, 11) is 0. The minimum atomic E-state index is -1.20. The van der Waals surface area contributed by atoms with Crippen molar-refractivity contribution >= 4 is 23.4 Å². The molecule has 0 rings (SSSR count). The Hall–Kier alpha value is -0.610. The molecule has 0 aliphatic carbocycles. The fourth-order valence-electron chi connectivity index (χ4n) is 0.884. The maximum atomic E-state index is 11.0. The second-order valence-electron chi connectivity index (χ2n) is 2.78. The van der Waals surface area contributed by atoms with Gasteiger partial charge in [-0.05, 0) is 13.3 Å². The molecular formula is C9H15ClO4. The lowest BCUT2D eigenvalue weighted by Gasteiger charge is -2.08. The predicted octanol–water partition coefficient (Wildman–Crippen LogP) is 0.889. The summed E-state index contributed by atoms with van der Waals surface area (Å²) in [6.07, 6.45) is -0.660. The minimum absolute atomic E-state index is 0.0525. The number of alkyl halides is 1. The molecule has 82 valence electrons. The van der Waals surface area contributed by atoms with Gasteiger partial charge in [0.05, 0.1) is 6.61 Å². The fraction of sp³-hybridized carbons (Fsp3) is 0.778. The van der Waals surface area contributed by atoms with Crippen LogP contribution in [-0.2, 0) is 14.3 Å². The molecule has 0 heterocycles. The Labute approximate surface area is 88.2 Å². The molecule has 0 bridgehead atoms. The highest BCUT2D eigenvalue weighted by Gasteiger charge is 2.16. The first-order valence-electron chi connectivity index (χ1n) is 4.54. The number of carbonyl (C=O) groups excluding carboxylic acids is 2. The van der Waals surface area contributed by atoms with E-state index in [9.17, 15) is 14.7 Å². The number of Topliss-reactive ketones (excluding diaryl/α,β-unsaturated/α-hetero) is 1. The van der Waals surface area contributed by atoms with Crippen LogP contribution in [0.2, 0.25) is 0 Å². The third kappa shape index (κ3) is 5.94. The van der Waals surface area contributed by atoms with Crippen molar-refractivity contribution in [3.05, 3.63) is 0 Å². The zero-order valence-corrected chi connectivity index (χ0v) is 8.92. The van der Waals surface area contributed by atoms with Crippen molar-refractivity contribution in [2.24, 2.45) is 0 Å². The van der Waals surface area contributed by atoms with Crippen molar-refractivity contribution in [1.82, 2.24) is 0 Å². The van der Waals surface area contributed by atoms with Crippen molar-refractivity contribution in [3.8, 4) is 0 Å². The first kappa shape index (κ1) is 13.4. The van der Waals surface area contributed by atoms with Crippen molar-refractivity contribution in [2.75, 3.05) is 12.5 Å². The molecule has 0 aliphatic heterocycles. The van der Waals surface area contributed by atoms with Gasteiger partial charge in [0.25, 0.3) is 0 Å². The summed E-state index contributed by atoms with van der Waals surface area (Å²) in [5.74, 6) is -0.455. The molecule has 0 radical (unpaired) electrons. The number of ketones is 1. The van der Waals surface area contributed by atoms with E-state index in [0.717, 1.165) is 0 Å². The first-order chi connectivity index (χ1) is 6.61. The van der Waals surface area contributed by atoms with E-state index in [0.29, 0.717) is 0 Å². The summed E-state index contributed by atoms with van der Waals surface area (Å²) in [6, 6.07) is 0. The maximum absolute atomic E-state index is 11.0.